The van der Waals surface area contributed by atoms with E-state index in [1.807, 2.05) is 0 Å². The third kappa shape index (κ3) is 1.41. The molecule has 6 nitrogen and oxygen atoms in total. The Morgan fingerprint density at radius 2 is 1.93 bits per heavy atom. The molecule has 1 aromatic carbocycles. The van der Waals surface area contributed by atoms with Crippen molar-refractivity contribution in [1.82, 2.24) is 0 Å². The van der Waals surface area contributed by atoms with Crippen LogP contribution in [-0.2, 0) is 4.79 Å². The van der Waals surface area contributed by atoms with Gasteiger partial charge in [-0.15, -0.1) is 0 Å². The van der Waals surface area contributed by atoms with Gasteiger partial charge in [0.25, 0.3) is 0 Å². The van der Waals surface area contributed by atoms with Crippen molar-refractivity contribution < 1.29 is 14.8 Å². The van der Waals surface area contributed by atoms with E-state index in [2.05, 4.69) is 0 Å². The predicted molar refractivity (Wildman–Crippen MR) is 50.4 cm³/mol. The highest BCUT2D eigenvalue weighted by Gasteiger charge is 2.35. The van der Waals surface area contributed by atoms with E-state index in [1.54, 1.807) is 18.2 Å². The highest BCUT2D eigenvalue weighted by atomic mass is 16.6. The van der Waals surface area contributed by atoms with Crippen LogP contribution in [-0.4, -0.2) is 10.8 Å². The Hall–Kier alpha value is -2.05. The number of rotatable bonds is 1. The van der Waals surface area contributed by atoms with E-state index in [0.29, 0.717) is 5.56 Å². The lowest BCUT2D eigenvalue weighted by Gasteiger charge is -2.22. The van der Waals surface area contributed by atoms with Gasteiger partial charge in [-0.1, -0.05) is 12.1 Å². The average Bonchev–Trinajstić information content (AvgIpc) is 2.23. The van der Waals surface area contributed by atoms with Crippen molar-refractivity contribution in [3.8, 4) is 0 Å². The number of amides is 1. The van der Waals surface area contributed by atoms with Gasteiger partial charge in [-0.05, 0) is 6.07 Å². The number of carbonyl (C=O) groups excluding carboxylic acids is 1. The summed E-state index contributed by atoms with van der Waals surface area (Å²) in [4.78, 5) is 20.9. The Morgan fingerprint density at radius 3 is 2.60 bits per heavy atom. The molecule has 1 aliphatic heterocycles. The van der Waals surface area contributed by atoms with Crippen LogP contribution in [0.2, 0.25) is 0 Å². The first kappa shape index (κ1) is 9.50. The monoisotopic (exact) mass is 206 g/mol. The molecule has 0 fully saturated rings. The number of nitrogens with one attached hydrogen (secondary N) is 1. The predicted octanol–water partition coefficient (Wildman–Crippen LogP) is -0.141. The minimum absolute atomic E-state index is 0.216. The molecule has 1 aliphatic rings. The van der Waals surface area contributed by atoms with Gasteiger partial charge in [-0.3, -0.25) is 15.2 Å². The number of nitro groups is 1. The molecule has 0 saturated heterocycles. The quantitative estimate of drug-likeness (QED) is 0.393. The number of nitrogens with zero attached hydrogens (tertiary/aromatic N) is 1. The summed E-state index contributed by atoms with van der Waals surface area (Å²) in [6.45, 7) is 0. The Kier molecular flexibility index (Phi) is 2.07. The lowest BCUT2D eigenvalue weighted by Crippen LogP contribution is -3.06. The zero-order valence-electron chi connectivity index (χ0n) is 7.47. The molecule has 0 bridgehead atoms. The largest absolute Gasteiger partial charge is 0.621 e. The Bertz CT molecular complexity index is 481. The molecular weight excluding hydrogens is 200 g/mol. The minimum atomic E-state index is -1.06. The number of carbonyl (C=O) groups is 1. The van der Waals surface area contributed by atoms with E-state index in [1.165, 1.54) is 6.07 Å². The van der Waals surface area contributed by atoms with Crippen LogP contribution in [0.25, 0.3) is 6.08 Å². The molecule has 1 N–H and O–H groups in total. The SMILES string of the molecule is O=C1C([N+](=O)[O-])=Cc2ccccc2[NH+]1[O-]. The maximum Gasteiger partial charge on any atom is 0.419 e. The van der Waals surface area contributed by atoms with Crippen molar-refractivity contribution >= 4 is 17.7 Å². The van der Waals surface area contributed by atoms with Gasteiger partial charge in [0, 0.05) is 17.7 Å². The van der Waals surface area contributed by atoms with Crippen molar-refractivity contribution in [2.24, 2.45) is 0 Å². The van der Waals surface area contributed by atoms with Crippen LogP contribution in [0.5, 0.6) is 0 Å². The smallest absolute Gasteiger partial charge is 0.419 e. The maximum absolute atomic E-state index is 11.4. The second kappa shape index (κ2) is 3.26. The number of hydroxylamine groups is 1. The molecule has 0 aromatic heterocycles. The first-order valence-electron chi connectivity index (χ1n) is 4.15. The highest BCUT2D eigenvalue weighted by molar-refractivity contribution is 5.94. The Labute approximate surface area is 84.2 Å². The van der Waals surface area contributed by atoms with E-state index in [-0.39, 0.29) is 5.69 Å². The summed E-state index contributed by atoms with van der Waals surface area (Å²) in [7, 11) is 0. The van der Waals surface area contributed by atoms with Crippen molar-refractivity contribution in [2.75, 3.05) is 0 Å². The van der Waals surface area contributed by atoms with E-state index in [4.69, 9.17) is 0 Å². The van der Waals surface area contributed by atoms with E-state index >= 15 is 0 Å². The van der Waals surface area contributed by atoms with E-state index in [9.17, 15) is 20.1 Å². The summed E-state index contributed by atoms with van der Waals surface area (Å²) in [6, 6.07) is 6.29. The number of hydrogen-bond donors (Lipinski definition) is 1. The highest BCUT2D eigenvalue weighted by Crippen LogP contribution is 2.18. The molecule has 15 heavy (non-hydrogen) atoms. The molecule has 1 aromatic rings. The molecule has 1 atom stereocenters. The normalized spacial score (nSPS) is 19.4. The third-order valence-corrected chi connectivity index (χ3v) is 2.13. The van der Waals surface area contributed by atoms with E-state index in [0.717, 1.165) is 6.08 Å². The van der Waals surface area contributed by atoms with Gasteiger partial charge >= 0.3 is 11.6 Å². The van der Waals surface area contributed by atoms with Crippen molar-refractivity contribution in [3.63, 3.8) is 0 Å². The number of para-hydroxylation sites is 1. The van der Waals surface area contributed by atoms with Crippen LogP contribution in [0.1, 0.15) is 5.56 Å². The maximum atomic E-state index is 11.4. The second-order valence-electron chi connectivity index (χ2n) is 3.03. The van der Waals surface area contributed by atoms with Crippen LogP contribution >= 0.6 is 0 Å². The fraction of sp³-hybridized carbons (Fsp3) is 0. The van der Waals surface area contributed by atoms with Crippen molar-refractivity contribution in [3.05, 3.63) is 50.8 Å². The molecule has 6 heteroatoms. The lowest BCUT2D eigenvalue weighted by molar-refractivity contribution is -0.693. The van der Waals surface area contributed by atoms with Crippen LogP contribution in [0.4, 0.5) is 5.69 Å². The van der Waals surface area contributed by atoms with Gasteiger partial charge < -0.3 is 5.21 Å². The molecule has 76 valence electrons. The van der Waals surface area contributed by atoms with Crippen LogP contribution < -0.4 is 5.06 Å². The van der Waals surface area contributed by atoms with E-state index < -0.39 is 21.6 Å². The minimum Gasteiger partial charge on any atom is -0.621 e. The summed E-state index contributed by atoms with van der Waals surface area (Å²) in [5, 5.41) is 21.1. The standard InChI is InChI=1S/C9H6N2O4/c12-9-8(11(14)15)5-6-3-1-2-4-7(6)10(9)13/h1-5,10H. The molecule has 0 saturated carbocycles. The fourth-order valence-corrected chi connectivity index (χ4v) is 1.42. The zero-order chi connectivity index (χ0) is 11.0. The van der Waals surface area contributed by atoms with Crippen LogP contribution in [0.15, 0.2) is 30.0 Å². The number of hydrogen-bond acceptors (Lipinski definition) is 4. The van der Waals surface area contributed by atoms with Gasteiger partial charge in [-0.25, -0.2) is 4.79 Å². The first-order chi connectivity index (χ1) is 7.11. The lowest BCUT2D eigenvalue weighted by atomic mass is 10.1. The van der Waals surface area contributed by atoms with Crippen LogP contribution in [0.3, 0.4) is 0 Å². The second-order valence-corrected chi connectivity index (χ2v) is 3.03. The fourth-order valence-electron chi connectivity index (χ4n) is 1.42. The van der Waals surface area contributed by atoms with Crippen LogP contribution in [0, 0.1) is 15.3 Å². The summed E-state index contributed by atoms with van der Waals surface area (Å²) in [5.74, 6) is -1.06. The van der Waals surface area contributed by atoms with Crippen molar-refractivity contribution in [2.45, 2.75) is 0 Å². The molecule has 0 radical (unpaired) electrons. The molecule has 2 rings (SSSR count). The average molecular weight is 206 g/mol. The number of quaternary nitrogens is 1. The zero-order valence-corrected chi connectivity index (χ0v) is 7.47. The molecule has 1 amide bonds. The number of benzene rings is 1. The van der Waals surface area contributed by atoms with Gasteiger partial charge in [0.2, 0.25) is 0 Å². The summed E-state index contributed by atoms with van der Waals surface area (Å²) in [5.41, 5.74) is -0.0411. The number of fused-ring (bicyclic) bond motifs is 1. The topological polar surface area (TPSA) is 87.7 Å². The molecule has 1 heterocycles. The first-order valence-corrected chi connectivity index (χ1v) is 4.15. The van der Waals surface area contributed by atoms with Gasteiger partial charge in [0.1, 0.15) is 5.69 Å². The molecule has 0 aliphatic carbocycles. The van der Waals surface area contributed by atoms with Gasteiger partial charge in [0.15, 0.2) is 0 Å². The summed E-state index contributed by atoms with van der Waals surface area (Å²) >= 11 is 0. The van der Waals surface area contributed by atoms with Gasteiger partial charge in [-0.2, -0.15) is 0 Å². The Balaban J connectivity index is 2.62. The Morgan fingerprint density at radius 1 is 1.27 bits per heavy atom. The summed E-state index contributed by atoms with van der Waals surface area (Å²) in [6.07, 6.45) is 1.12. The molecular formula is C9H6N2O4. The molecule has 0 spiro atoms. The van der Waals surface area contributed by atoms with Gasteiger partial charge in [0.05, 0.1) is 4.92 Å². The molecule has 1 unspecified atom stereocenters. The van der Waals surface area contributed by atoms with Crippen molar-refractivity contribution in [1.29, 1.82) is 0 Å². The summed E-state index contributed by atoms with van der Waals surface area (Å²) < 4.78 is 0. The third-order valence-electron chi connectivity index (χ3n) is 2.13.